The zero-order valence-corrected chi connectivity index (χ0v) is 16.9. The summed E-state index contributed by atoms with van der Waals surface area (Å²) < 4.78 is 17.0. The third-order valence-electron chi connectivity index (χ3n) is 4.05. The van der Waals surface area contributed by atoms with Gasteiger partial charge in [0.05, 0.1) is 32.5 Å². The van der Waals surface area contributed by atoms with E-state index in [4.69, 9.17) is 19.5 Å². The van der Waals surface area contributed by atoms with Gasteiger partial charge in [0.1, 0.15) is 0 Å². The van der Waals surface area contributed by atoms with E-state index in [2.05, 4.69) is 26.9 Å². The molecule has 0 aromatic heterocycles. The maximum atomic E-state index is 8.94. The van der Waals surface area contributed by atoms with Crippen molar-refractivity contribution in [2.75, 3.05) is 34.5 Å². The second kappa shape index (κ2) is 10.2. The standard InChI is InChI=1S/C20H23BrN2O3/c1-24-9-8-23(13-16-6-4-15(12-22)5-7-16)14-17-10-19(25-2)20(26-3)11-18(17)21/h4-7,10-11H,8-9,13-14H2,1-3H3. The summed E-state index contributed by atoms with van der Waals surface area (Å²) in [5.41, 5.74) is 2.92. The number of hydrogen-bond donors (Lipinski definition) is 0. The lowest BCUT2D eigenvalue weighted by molar-refractivity contribution is 0.140. The van der Waals surface area contributed by atoms with Crippen LogP contribution < -0.4 is 9.47 Å². The zero-order valence-electron chi connectivity index (χ0n) is 15.3. The molecule has 6 heteroatoms. The van der Waals surface area contributed by atoms with Crippen molar-refractivity contribution in [3.63, 3.8) is 0 Å². The summed E-state index contributed by atoms with van der Waals surface area (Å²) in [6.07, 6.45) is 0. The van der Waals surface area contributed by atoms with Crippen LogP contribution in [0.4, 0.5) is 0 Å². The lowest BCUT2D eigenvalue weighted by Crippen LogP contribution is -2.26. The van der Waals surface area contributed by atoms with Crippen molar-refractivity contribution in [2.45, 2.75) is 13.1 Å². The van der Waals surface area contributed by atoms with Gasteiger partial charge in [-0.1, -0.05) is 28.1 Å². The van der Waals surface area contributed by atoms with E-state index in [0.29, 0.717) is 23.7 Å². The number of benzene rings is 2. The van der Waals surface area contributed by atoms with E-state index in [1.165, 1.54) is 0 Å². The van der Waals surface area contributed by atoms with Crippen LogP contribution in [0.5, 0.6) is 11.5 Å². The smallest absolute Gasteiger partial charge is 0.161 e. The molecule has 138 valence electrons. The average molecular weight is 419 g/mol. The normalized spacial score (nSPS) is 10.6. The lowest BCUT2D eigenvalue weighted by Gasteiger charge is -2.23. The monoisotopic (exact) mass is 418 g/mol. The van der Waals surface area contributed by atoms with Crippen molar-refractivity contribution >= 4 is 15.9 Å². The summed E-state index contributed by atoms with van der Waals surface area (Å²) in [6.45, 7) is 2.92. The fraction of sp³-hybridized carbons (Fsp3) is 0.350. The van der Waals surface area contributed by atoms with Gasteiger partial charge < -0.3 is 14.2 Å². The molecule has 2 aromatic carbocycles. The van der Waals surface area contributed by atoms with Crippen molar-refractivity contribution in [1.29, 1.82) is 5.26 Å². The third-order valence-corrected chi connectivity index (χ3v) is 4.79. The number of nitrogens with zero attached hydrogens (tertiary/aromatic N) is 2. The Hall–Kier alpha value is -2.07. The van der Waals surface area contributed by atoms with Crippen LogP contribution in [0, 0.1) is 11.3 Å². The molecule has 0 heterocycles. The minimum absolute atomic E-state index is 0.640. The molecule has 26 heavy (non-hydrogen) atoms. The lowest BCUT2D eigenvalue weighted by atomic mass is 10.1. The quantitative estimate of drug-likeness (QED) is 0.616. The second-order valence-corrected chi connectivity index (χ2v) is 6.67. The van der Waals surface area contributed by atoms with Crippen molar-refractivity contribution in [3.8, 4) is 17.6 Å². The largest absolute Gasteiger partial charge is 0.493 e. The van der Waals surface area contributed by atoms with Crippen LogP contribution in [0.2, 0.25) is 0 Å². The van der Waals surface area contributed by atoms with E-state index in [1.54, 1.807) is 21.3 Å². The summed E-state index contributed by atoms with van der Waals surface area (Å²) in [4.78, 5) is 2.29. The molecule has 0 N–H and O–H groups in total. The molecule has 2 rings (SSSR count). The minimum Gasteiger partial charge on any atom is -0.493 e. The number of hydrogen-bond acceptors (Lipinski definition) is 5. The first-order valence-corrected chi connectivity index (χ1v) is 9.01. The van der Waals surface area contributed by atoms with E-state index in [0.717, 1.165) is 35.2 Å². The maximum absolute atomic E-state index is 8.94. The fourth-order valence-electron chi connectivity index (χ4n) is 2.64. The number of methoxy groups -OCH3 is 3. The van der Waals surface area contributed by atoms with Gasteiger partial charge in [-0.2, -0.15) is 5.26 Å². The van der Waals surface area contributed by atoms with Crippen LogP contribution in [0.15, 0.2) is 40.9 Å². The van der Waals surface area contributed by atoms with Crippen LogP contribution in [0.3, 0.4) is 0 Å². The molecule has 0 bridgehead atoms. The first-order valence-electron chi connectivity index (χ1n) is 8.22. The summed E-state index contributed by atoms with van der Waals surface area (Å²) in [6, 6.07) is 13.7. The van der Waals surface area contributed by atoms with Crippen LogP contribution in [-0.4, -0.2) is 39.4 Å². The van der Waals surface area contributed by atoms with Crippen molar-refractivity contribution in [3.05, 3.63) is 57.6 Å². The summed E-state index contributed by atoms with van der Waals surface area (Å²) >= 11 is 3.62. The fourth-order valence-corrected chi connectivity index (χ4v) is 3.08. The molecule has 0 amide bonds. The zero-order chi connectivity index (χ0) is 18.9. The van der Waals surface area contributed by atoms with Crippen LogP contribution in [-0.2, 0) is 17.8 Å². The Morgan fingerprint density at radius 3 is 2.23 bits per heavy atom. The predicted octanol–water partition coefficient (Wildman–Crippen LogP) is 3.99. The molecule has 0 radical (unpaired) electrons. The molecule has 0 unspecified atom stereocenters. The average Bonchev–Trinajstić information content (AvgIpc) is 2.67. The Balaban J connectivity index is 2.20. The Bertz CT molecular complexity index is 757. The number of halogens is 1. The highest BCUT2D eigenvalue weighted by atomic mass is 79.9. The highest BCUT2D eigenvalue weighted by Crippen LogP contribution is 2.34. The minimum atomic E-state index is 0.640. The van der Waals surface area contributed by atoms with Crippen LogP contribution in [0.1, 0.15) is 16.7 Å². The van der Waals surface area contributed by atoms with Crippen LogP contribution in [0.25, 0.3) is 0 Å². The Kier molecular flexibility index (Phi) is 7.92. The number of nitriles is 1. The van der Waals surface area contributed by atoms with Gasteiger partial charge in [-0.25, -0.2) is 0 Å². The summed E-state index contributed by atoms with van der Waals surface area (Å²) in [5, 5.41) is 8.94. The van der Waals surface area contributed by atoms with E-state index < -0.39 is 0 Å². The summed E-state index contributed by atoms with van der Waals surface area (Å²) in [7, 11) is 4.96. The highest BCUT2D eigenvalue weighted by Gasteiger charge is 2.14. The first kappa shape index (κ1) is 20.2. The molecule has 0 aliphatic carbocycles. The van der Waals surface area contributed by atoms with E-state index >= 15 is 0 Å². The first-order chi connectivity index (χ1) is 12.6. The molecule has 0 aliphatic rings. The maximum Gasteiger partial charge on any atom is 0.161 e. The van der Waals surface area contributed by atoms with Gasteiger partial charge in [0.25, 0.3) is 0 Å². The molecule has 0 saturated heterocycles. The third kappa shape index (κ3) is 5.46. The van der Waals surface area contributed by atoms with Crippen molar-refractivity contribution < 1.29 is 14.2 Å². The van der Waals surface area contributed by atoms with Crippen LogP contribution >= 0.6 is 15.9 Å². The molecule has 0 aliphatic heterocycles. The van der Waals surface area contributed by atoms with E-state index in [-0.39, 0.29) is 0 Å². The number of rotatable bonds is 9. The van der Waals surface area contributed by atoms with Gasteiger partial charge in [-0.15, -0.1) is 0 Å². The Morgan fingerprint density at radius 1 is 1.00 bits per heavy atom. The van der Waals surface area contributed by atoms with Gasteiger partial charge in [0.2, 0.25) is 0 Å². The summed E-state index contributed by atoms with van der Waals surface area (Å²) in [5.74, 6) is 1.40. The van der Waals surface area contributed by atoms with Gasteiger partial charge in [0, 0.05) is 31.2 Å². The molecular formula is C20H23BrN2O3. The molecule has 2 aromatic rings. The molecule has 0 saturated carbocycles. The molecular weight excluding hydrogens is 396 g/mol. The van der Waals surface area contributed by atoms with Crippen molar-refractivity contribution in [1.82, 2.24) is 4.90 Å². The van der Waals surface area contributed by atoms with Gasteiger partial charge in [-0.05, 0) is 35.4 Å². The predicted molar refractivity (Wildman–Crippen MR) is 104 cm³/mol. The SMILES string of the molecule is COCCN(Cc1ccc(C#N)cc1)Cc1cc(OC)c(OC)cc1Br. The molecule has 0 atom stereocenters. The Morgan fingerprint density at radius 2 is 1.65 bits per heavy atom. The van der Waals surface area contributed by atoms with Crippen molar-refractivity contribution in [2.24, 2.45) is 0 Å². The Labute approximate surface area is 163 Å². The highest BCUT2D eigenvalue weighted by molar-refractivity contribution is 9.10. The second-order valence-electron chi connectivity index (χ2n) is 5.81. The van der Waals surface area contributed by atoms with Gasteiger partial charge in [0.15, 0.2) is 11.5 Å². The van der Waals surface area contributed by atoms with Gasteiger partial charge in [-0.3, -0.25) is 4.90 Å². The number of ether oxygens (including phenoxy) is 3. The topological polar surface area (TPSA) is 54.7 Å². The van der Waals surface area contributed by atoms with Gasteiger partial charge >= 0.3 is 0 Å². The molecule has 5 nitrogen and oxygen atoms in total. The molecule has 0 spiro atoms. The van der Waals surface area contributed by atoms with E-state index in [9.17, 15) is 0 Å². The molecule has 0 fully saturated rings. The van der Waals surface area contributed by atoms with E-state index in [1.807, 2.05) is 36.4 Å².